The Bertz CT molecular complexity index is 1040. The number of aromatic nitrogens is 1. The maximum absolute atomic E-state index is 12.3. The van der Waals surface area contributed by atoms with Gasteiger partial charge in [-0.2, -0.15) is 0 Å². The molecule has 0 saturated carbocycles. The lowest BCUT2D eigenvalue weighted by Gasteiger charge is -2.12. The number of nitrogens with zero attached hydrogens (tertiary/aromatic N) is 2. The molecule has 1 aromatic heterocycles. The van der Waals surface area contributed by atoms with Crippen LogP contribution in [-0.4, -0.2) is 27.8 Å². The van der Waals surface area contributed by atoms with E-state index in [-0.39, 0.29) is 16.8 Å². The summed E-state index contributed by atoms with van der Waals surface area (Å²) in [7, 11) is 0. The zero-order valence-electron chi connectivity index (χ0n) is 14.8. The Hall–Kier alpha value is -4.00. The van der Waals surface area contributed by atoms with Gasteiger partial charge in [-0.3, -0.25) is 9.59 Å². The van der Waals surface area contributed by atoms with Gasteiger partial charge in [-0.1, -0.05) is 34.9 Å². The molecule has 0 saturated heterocycles. The van der Waals surface area contributed by atoms with Crippen molar-refractivity contribution in [3.05, 3.63) is 89.2 Å². The number of carbonyl (C=O) groups is 3. The summed E-state index contributed by atoms with van der Waals surface area (Å²) in [6, 6.07) is 16.7. The van der Waals surface area contributed by atoms with Crippen molar-refractivity contribution < 1.29 is 24.0 Å². The molecule has 2 heterocycles. The van der Waals surface area contributed by atoms with Crippen LogP contribution in [-0.2, 0) is 4.84 Å². The third-order valence-electron chi connectivity index (χ3n) is 4.13. The van der Waals surface area contributed by atoms with Crippen LogP contribution in [0.2, 0.25) is 0 Å². The Morgan fingerprint density at radius 3 is 2.04 bits per heavy atom. The second-order valence-electron chi connectivity index (χ2n) is 6.12. The highest BCUT2D eigenvalue weighted by Crippen LogP contribution is 2.24. The minimum Gasteiger partial charge on any atom is -0.456 e. The highest BCUT2D eigenvalue weighted by Gasteiger charge is 2.38. The van der Waals surface area contributed by atoms with E-state index in [4.69, 9.17) is 9.57 Å². The first kappa shape index (κ1) is 17.4. The van der Waals surface area contributed by atoms with Gasteiger partial charge in [0.2, 0.25) is 0 Å². The Morgan fingerprint density at radius 1 is 0.857 bits per heavy atom. The lowest BCUT2D eigenvalue weighted by Crippen LogP contribution is -2.32. The van der Waals surface area contributed by atoms with Crippen molar-refractivity contribution in [3.8, 4) is 11.5 Å². The molecule has 1 aliphatic heterocycles. The molecule has 7 nitrogen and oxygen atoms in total. The van der Waals surface area contributed by atoms with Gasteiger partial charge in [0.15, 0.2) is 5.69 Å². The Kier molecular flexibility index (Phi) is 4.33. The number of pyridine rings is 1. The van der Waals surface area contributed by atoms with E-state index in [9.17, 15) is 14.4 Å². The van der Waals surface area contributed by atoms with Crippen LogP contribution < -0.4 is 4.74 Å². The van der Waals surface area contributed by atoms with Crippen molar-refractivity contribution in [2.75, 3.05) is 0 Å². The van der Waals surface area contributed by atoms with Crippen LogP contribution in [0.4, 0.5) is 0 Å². The monoisotopic (exact) mass is 374 g/mol. The fourth-order valence-corrected chi connectivity index (χ4v) is 2.68. The number of fused-ring (bicyclic) bond motifs is 1. The molecule has 0 radical (unpaired) electrons. The molecule has 138 valence electrons. The van der Waals surface area contributed by atoms with Crippen molar-refractivity contribution >= 4 is 17.8 Å². The van der Waals surface area contributed by atoms with Crippen LogP contribution in [0.25, 0.3) is 0 Å². The summed E-state index contributed by atoms with van der Waals surface area (Å²) < 4.78 is 5.64. The number of hydrogen-bond acceptors (Lipinski definition) is 6. The van der Waals surface area contributed by atoms with Gasteiger partial charge >= 0.3 is 5.97 Å². The van der Waals surface area contributed by atoms with Gasteiger partial charge in [0.1, 0.15) is 11.5 Å². The van der Waals surface area contributed by atoms with E-state index in [1.54, 1.807) is 18.2 Å². The summed E-state index contributed by atoms with van der Waals surface area (Å²) in [6.45, 7) is 1.97. The fraction of sp³-hybridized carbons (Fsp3) is 0.0476. The molecule has 3 aromatic rings. The molecule has 2 amide bonds. The molecule has 2 aromatic carbocycles. The third-order valence-corrected chi connectivity index (χ3v) is 4.13. The number of amides is 2. The van der Waals surface area contributed by atoms with E-state index in [1.807, 2.05) is 31.2 Å². The van der Waals surface area contributed by atoms with Crippen molar-refractivity contribution in [2.45, 2.75) is 6.92 Å². The highest BCUT2D eigenvalue weighted by atomic mass is 16.7. The molecule has 0 spiro atoms. The van der Waals surface area contributed by atoms with E-state index < -0.39 is 17.8 Å². The number of benzene rings is 2. The summed E-state index contributed by atoms with van der Waals surface area (Å²) in [6.07, 6.45) is 1.36. The zero-order chi connectivity index (χ0) is 19.7. The molecule has 0 N–H and O–H groups in total. The topological polar surface area (TPSA) is 85.8 Å². The van der Waals surface area contributed by atoms with E-state index in [0.29, 0.717) is 16.6 Å². The first-order chi connectivity index (χ1) is 13.5. The Morgan fingerprint density at radius 2 is 1.46 bits per heavy atom. The molecule has 7 heteroatoms. The van der Waals surface area contributed by atoms with Gasteiger partial charge in [0.25, 0.3) is 11.8 Å². The number of carbonyl (C=O) groups excluding carboxylic acids is 3. The van der Waals surface area contributed by atoms with Crippen LogP contribution in [0.3, 0.4) is 0 Å². The SMILES string of the molecule is Cc1ccc(Oc2ccc(C(=O)ON3C(=O)c4ccccc4C3=O)nc2)cc1. The molecule has 0 aliphatic carbocycles. The normalized spacial score (nSPS) is 12.7. The van der Waals surface area contributed by atoms with Crippen LogP contribution in [0.5, 0.6) is 11.5 Å². The van der Waals surface area contributed by atoms with Crippen molar-refractivity contribution in [1.82, 2.24) is 10.0 Å². The van der Waals surface area contributed by atoms with E-state index in [2.05, 4.69) is 4.98 Å². The predicted molar refractivity (Wildman–Crippen MR) is 97.8 cm³/mol. The summed E-state index contributed by atoms with van der Waals surface area (Å²) in [4.78, 5) is 45.7. The first-order valence-electron chi connectivity index (χ1n) is 8.43. The minimum absolute atomic E-state index is 0.0622. The second kappa shape index (κ2) is 6.96. The molecule has 0 atom stereocenters. The van der Waals surface area contributed by atoms with E-state index >= 15 is 0 Å². The number of imide groups is 1. The van der Waals surface area contributed by atoms with Crippen molar-refractivity contribution in [2.24, 2.45) is 0 Å². The average molecular weight is 374 g/mol. The second-order valence-corrected chi connectivity index (χ2v) is 6.12. The number of hydrogen-bond donors (Lipinski definition) is 0. The maximum atomic E-state index is 12.3. The van der Waals surface area contributed by atoms with Gasteiger partial charge in [0, 0.05) is 0 Å². The molecular formula is C21H14N2O5. The predicted octanol–water partition coefficient (Wildman–Crippen LogP) is 3.55. The average Bonchev–Trinajstić information content (AvgIpc) is 2.95. The molecule has 0 unspecified atom stereocenters. The fourth-order valence-electron chi connectivity index (χ4n) is 2.68. The van der Waals surface area contributed by atoms with Gasteiger partial charge in [0.05, 0.1) is 17.3 Å². The zero-order valence-corrected chi connectivity index (χ0v) is 14.8. The maximum Gasteiger partial charge on any atom is 0.382 e. The van der Waals surface area contributed by atoms with Crippen molar-refractivity contribution in [1.29, 1.82) is 0 Å². The van der Waals surface area contributed by atoms with Gasteiger partial charge in [-0.15, -0.1) is 0 Å². The quantitative estimate of drug-likeness (QED) is 0.649. The third kappa shape index (κ3) is 3.21. The highest BCUT2D eigenvalue weighted by molar-refractivity contribution is 6.21. The minimum atomic E-state index is -0.920. The van der Waals surface area contributed by atoms with Gasteiger partial charge in [-0.05, 0) is 43.3 Å². The standard InChI is InChI=1S/C21H14N2O5/c1-13-6-8-14(9-7-13)27-15-10-11-18(22-12-15)21(26)28-23-19(24)16-4-2-3-5-17(16)20(23)25/h2-12H,1H3. The lowest BCUT2D eigenvalue weighted by molar-refractivity contribution is -0.0588. The largest absolute Gasteiger partial charge is 0.456 e. The lowest BCUT2D eigenvalue weighted by atomic mass is 10.1. The van der Waals surface area contributed by atoms with Gasteiger partial charge < -0.3 is 9.57 Å². The summed E-state index contributed by atoms with van der Waals surface area (Å²) >= 11 is 0. The van der Waals surface area contributed by atoms with Crippen LogP contribution in [0.15, 0.2) is 66.9 Å². The molecular weight excluding hydrogens is 360 g/mol. The number of hydroxylamine groups is 2. The molecule has 1 aliphatic rings. The first-order valence-corrected chi connectivity index (χ1v) is 8.43. The Labute approximate surface area is 160 Å². The number of rotatable bonds is 4. The van der Waals surface area contributed by atoms with E-state index in [1.165, 1.54) is 24.4 Å². The summed E-state index contributed by atoms with van der Waals surface area (Å²) in [5.41, 5.74) is 1.43. The molecule has 0 fully saturated rings. The number of ether oxygens (including phenoxy) is 1. The Balaban J connectivity index is 1.45. The van der Waals surface area contributed by atoms with Crippen LogP contribution >= 0.6 is 0 Å². The van der Waals surface area contributed by atoms with Crippen LogP contribution in [0.1, 0.15) is 36.8 Å². The van der Waals surface area contributed by atoms with E-state index in [0.717, 1.165) is 5.56 Å². The van der Waals surface area contributed by atoms with Crippen molar-refractivity contribution in [3.63, 3.8) is 0 Å². The number of aryl methyl sites for hydroxylation is 1. The van der Waals surface area contributed by atoms with Crippen LogP contribution in [0, 0.1) is 6.92 Å². The molecule has 4 rings (SSSR count). The van der Waals surface area contributed by atoms with Gasteiger partial charge in [-0.25, -0.2) is 9.78 Å². The smallest absolute Gasteiger partial charge is 0.382 e. The summed E-state index contributed by atoms with van der Waals surface area (Å²) in [5.74, 6) is -1.23. The molecule has 0 bridgehead atoms. The summed E-state index contributed by atoms with van der Waals surface area (Å²) in [5, 5.41) is 0.450. The molecule has 28 heavy (non-hydrogen) atoms.